The van der Waals surface area contributed by atoms with Gasteiger partial charge in [-0.05, 0) is 24.0 Å². The summed E-state index contributed by atoms with van der Waals surface area (Å²) in [6.07, 6.45) is 0.0754. The van der Waals surface area contributed by atoms with E-state index in [1.54, 1.807) is 0 Å². The summed E-state index contributed by atoms with van der Waals surface area (Å²) >= 11 is 0. The van der Waals surface area contributed by atoms with Crippen molar-refractivity contribution >= 4 is 0 Å². The van der Waals surface area contributed by atoms with Crippen LogP contribution >= 0.6 is 0 Å². The van der Waals surface area contributed by atoms with Gasteiger partial charge in [-0.15, -0.1) is 0 Å². The molecule has 0 heterocycles. The molecular formula is C18H22F4O2. The highest BCUT2D eigenvalue weighted by Gasteiger charge is 2.21. The van der Waals surface area contributed by atoms with Crippen molar-refractivity contribution in [1.82, 2.24) is 0 Å². The third kappa shape index (κ3) is 6.29. The lowest BCUT2D eigenvalue weighted by Gasteiger charge is -2.10. The van der Waals surface area contributed by atoms with Crippen LogP contribution < -0.4 is 0 Å². The Balaban J connectivity index is 5.31. The zero-order valence-electron chi connectivity index (χ0n) is 14.0. The molecule has 0 radical (unpaired) electrons. The lowest BCUT2D eigenvalue weighted by molar-refractivity contribution is 0.201. The molecule has 6 heteroatoms. The fourth-order valence-electron chi connectivity index (χ4n) is 1.51. The predicted molar refractivity (Wildman–Crippen MR) is 88.0 cm³/mol. The first-order valence-corrected chi connectivity index (χ1v) is 7.02. The molecule has 0 unspecified atom stereocenters. The molecule has 0 aromatic carbocycles. The van der Waals surface area contributed by atoms with Gasteiger partial charge in [-0.1, -0.05) is 26.3 Å². The highest BCUT2D eigenvalue weighted by molar-refractivity contribution is 5.53. The molecule has 0 spiro atoms. The van der Waals surface area contributed by atoms with Crippen LogP contribution in [0.1, 0.15) is 12.8 Å². The van der Waals surface area contributed by atoms with Gasteiger partial charge in [0.1, 0.15) is 0 Å². The van der Waals surface area contributed by atoms with Gasteiger partial charge < -0.3 is 9.47 Å². The Morgan fingerprint density at radius 2 is 0.917 bits per heavy atom. The van der Waals surface area contributed by atoms with E-state index in [9.17, 15) is 17.6 Å². The molecule has 0 aromatic heterocycles. The summed E-state index contributed by atoms with van der Waals surface area (Å²) in [6, 6.07) is 0. The summed E-state index contributed by atoms with van der Waals surface area (Å²) in [5, 5.41) is 0. The lowest BCUT2D eigenvalue weighted by Crippen LogP contribution is -1.99. The van der Waals surface area contributed by atoms with Crippen LogP contribution in [-0.2, 0) is 9.47 Å². The Bertz CT molecular complexity index is 534. The van der Waals surface area contributed by atoms with Crippen molar-refractivity contribution in [3.05, 3.63) is 71.9 Å². The summed E-state index contributed by atoms with van der Waals surface area (Å²) in [5.74, 6) is -5.51. The van der Waals surface area contributed by atoms with Crippen molar-refractivity contribution in [2.75, 3.05) is 27.4 Å². The maximum absolute atomic E-state index is 14.0. The van der Waals surface area contributed by atoms with Crippen molar-refractivity contribution in [2.45, 2.75) is 12.8 Å². The summed E-state index contributed by atoms with van der Waals surface area (Å²) in [6.45, 7) is 13.4. The summed E-state index contributed by atoms with van der Waals surface area (Å²) in [4.78, 5) is 0. The molecule has 0 aliphatic rings. The predicted octanol–water partition coefficient (Wildman–Crippen LogP) is 5.59. The molecule has 134 valence electrons. The number of hydrogen-bond donors (Lipinski definition) is 0. The second-order valence-electron chi connectivity index (χ2n) is 4.91. The monoisotopic (exact) mass is 346 g/mol. The molecule has 0 aromatic rings. The largest absolute Gasteiger partial charge is 0.384 e. The van der Waals surface area contributed by atoms with Gasteiger partial charge in [0.15, 0.2) is 23.3 Å². The van der Waals surface area contributed by atoms with Gasteiger partial charge in [-0.25, -0.2) is 17.6 Å². The standard InChI is InChI=1S/C18H22F4O2/c1-11(7-9-23-5)15(19)17(21)13(3)14(4)18(22)16(20)12(2)8-10-24-6/h1-4,7-10H2,5-6H3/b17-15-,18-16-. The van der Waals surface area contributed by atoms with Crippen LogP contribution in [0.5, 0.6) is 0 Å². The topological polar surface area (TPSA) is 18.5 Å². The van der Waals surface area contributed by atoms with Gasteiger partial charge in [0.2, 0.25) is 0 Å². The van der Waals surface area contributed by atoms with Crippen LogP contribution in [-0.4, -0.2) is 27.4 Å². The Kier molecular flexibility index (Phi) is 9.92. The molecule has 0 bridgehead atoms. The fourth-order valence-corrected chi connectivity index (χ4v) is 1.51. The van der Waals surface area contributed by atoms with E-state index in [0.29, 0.717) is 0 Å². The quantitative estimate of drug-likeness (QED) is 0.359. The maximum atomic E-state index is 14.0. The smallest absolute Gasteiger partial charge is 0.166 e. The van der Waals surface area contributed by atoms with Gasteiger partial charge in [0.25, 0.3) is 0 Å². The van der Waals surface area contributed by atoms with E-state index >= 15 is 0 Å². The van der Waals surface area contributed by atoms with Gasteiger partial charge in [-0.3, -0.25) is 0 Å². The number of ether oxygens (including phenoxy) is 2. The second-order valence-corrected chi connectivity index (χ2v) is 4.91. The molecule has 0 saturated carbocycles. The van der Waals surface area contributed by atoms with Crippen molar-refractivity contribution in [2.24, 2.45) is 0 Å². The van der Waals surface area contributed by atoms with Crippen molar-refractivity contribution in [3.63, 3.8) is 0 Å². The van der Waals surface area contributed by atoms with E-state index in [0.717, 1.165) is 0 Å². The first-order chi connectivity index (χ1) is 11.2. The Morgan fingerprint density at radius 3 is 1.17 bits per heavy atom. The highest BCUT2D eigenvalue weighted by Crippen LogP contribution is 2.33. The first kappa shape index (κ1) is 22.1. The molecule has 0 aliphatic heterocycles. The molecule has 0 saturated heterocycles. The van der Waals surface area contributed by atoms with Crippen LogP contribution in [0.3, 0.4) is 0 Å². The minimum atomic E-state index is -1.45. The minimum Gasteiger partial charge on any atom is -0.384 e. The molecule has 0 amide bonds. The number of methoxy groups -OCH3 is 2. The van der Waals surface area contributed by atoms with E-state index in [1.165, 1.54) is 14.2 Å². The number of hydrogen-bond acceptors (Lipinski definition) is 2. The average Bonchev–Trinajstić information content (AvgIpc) is 2.59. The molecule has 0 rings (SSSR count). The highest BCUT2D eigenvalue weighted by atomic mass is 19.2. The normalized spacial score (nSPS) is 13.1. The van der Waals surface area contributed by atoms with Crippen LogP contribution in [0, 0.1) is 0 Å². The van der Waals surface area contributed by atoms with Gasteiger partial charge >= 0.3 is 0 Å². The van der Waals surface area contributed by atoms with Crippen LogP contribution in [0.4, 0.5) is 17.6 Å². The molecule has 24 heavy (non-hydrogen) atoms. The van der Waals surface area contributed by atoms with E-state index in [2.05, 4.69) is 26.3 Å². The number of rotatable bonds is 11. The van der Waals surface area contributed by atoms with Crippen LogP contribution in [0.15, 0.2) is 71.9 Å². The summed E-state index contributed by atoms with van der Waals surface area (Å²) < 4.78 is 65.3. The Labute approximate surface area is 140 Å². The third-order valence-corrected chi connectivity index (χ3v) is 3.12. The molecule has 0 N–H and O–H groups in total. The van der Waals surface area contributed by atoms with Crippen LogP contribution in [0.2, 0.25) is 0 Å². The minimum absolute atomic E-state index is 0.0377. The SMILES string of the molecule is C=C(CCOC)/C(F)=C(/F)C(=C)C(=C)/C(F)=C(/F)C(=C)CCOC. The maximum Gasteiger partial charge on any atom is 0.166 e. The Morgan fingerprint density at radius 1 is 0.625 bits per heavy atom. The zero-order valence-corrected chi connectivity index (χ0v) is 14.0. The van der Waals surface area contributed by atoms with Gasteiger partial charge in [0, 0.05) is 25.4 Å². The molecule has 0 aliphatic carbocycles. The van der Waals surface area contributed by atoms with E-state index < -0.39 is 34.5 Å². The molecule has 2 nitrogen and oxygen atoms in total. The average molecular weight is 346 g/mol. The van der Waals surface area contributed by atoms with E-state index in [4.69, 9.17) is 9.47 Å². The zero-order chi connectivity index (χ0) is 18.9. The van der Waals surface area contributed by atoms with Crippen molar-refractivity contribution in [1.29, 1.82) is 0 Å². The van der Waals surface area contributed by atoms with Gasteiger partial charge in [0.05, 0.1) is 13.2 Å². The van der Waals surface area contributed by atoms with Crippen LogP contribution in [0.25, 0.3) is 0 Å². The summed E-state index contributed by atoms with van der Waals surface area (Å²) in [5.41, 5.74) is -1.79. The number of halogens is 4. The molecular weight excluding hydrogens is 324 g/mol. The summed E-state index contributed by atoms with van der Waals surface area (Å²) in [7, 11) is 2.79. The molecule has 0 atom stereocenters. The van der Waals surface area contributed by atoms with Crippen molar-refractivity contribution < 1.29 is 27.0 Å². The lowest BCUT2D eigenvalue weighted by atomic mass is 10.0. The first-order valence-electron chi connectivity index (χ1n) is 7.02. The third-order valence-electron chi connectivity index (χ3n) is 3.12. The second kappa shape index (κ2) is 10.8. The van der Waals surface area contributed by atoms with Gasteiger partial charge in [-0.2, -0.15) is 0 Å². The fraction of sp³-hybridized carbons (Fsp3) is 0.333. The number of allylic oxidation sites excluding steroid dienone is 6. The van der Waals surface area contributed by atoms with E-state index in [-0.39, 0.29) is 37.2 Å². The molecule has 0 fully saturated rings. The Hall–Kier alpha value is -1.92. The van der Waals surface area contributed by atoms with Crippen molar-refractivity contribution in [3.8, 4) is 0 Å². The van der Waals surface area contributed by atoms with E-state index in [1.807, 2.05) is 0 Å².